The number of benzene rings is 2. The van der Waals surface area contributed by atoms with Crippen LogP contribution < -0.4 is 0 Å². The number of carbonyl (C=O) groups is 1. The molecule has 0 aromatic heterocycles. The van der Waals surface area contributed by atoms with Crippen LogP contribution in [-0.4, -0.2) is 35.7 Å². The summed E-state index contributed by atoms with van der Waals surface area (Å²) in [4.78, 5) is 11.5. The Morgan fingerprint density at radius 1 is 1.08 bits per heavy atom. The molecular formula is C19H22O4S. The Hall–Kier alpha value is -1.82. The van der Waals surface area contributed by atoms with Crippen molar-refractivity contribution in [1.29, 1.82) is 0 Å². The van der Waals surface area contributed by atoms with Crippen molar-refractivity contribution in [3.8, 4) is 0 Å². The van der Waals surface area contributed by atoms with Gasteiger partial charge >= 0.3 is 5.97 Å². The number of ether oxygens (including phenoxy) is 1. The first-order valence-electron chi connectivity index (χ1n) is 7.79. The fraction of sp³-hybridized carbons (Fsp3) is 0.316. The first kappa shape index (κ1) is 18.5. The van der Waals surface area contributed by atoms with Gasteiger partial charge in [0.2, 0.25) is 0 Å². The van der Waals surface area contributed by atoms with Crippen molar-refractivity contribution in [3.63, 3.8) is 0 Å². The van der Waals surface area contributed by atoms with Crippen molar-refractivity contribution < 1.29 is 19.7 Å². The first-order chi connectivity index (χ1) is 11.7. The zero-order valence-electron chi connectivity index (χ0n) is 13.6. The van der Waals surface area contributed by atoms with Gasteiger partial charge in [-0.1, -0.05) is 42.5 Å². The fourth-order valence-electron chi connectivity index (χ4n) is 2.46. The van der Waals surface area contributed by atoms with Crippen LogP contribution in [0.5, 0.6) is 0 Å². The number of methoxy groups -OCH3 is 1. The van der Waals surface area contributed by atoms with Crippen molar-refractivity contribution in [3.05, 3.63) is 71.3 Å². The smallest absolute Gasteiger partial charge is 0.337 e. The molecule has 2 rings (SSSR count). The van der Waals surface area contributed by atoms with Crippen LogP contribution in [0.2, 0.25) is 0 Å². The highest BCUT2D eigenvalue weighted by Crippen LogP contribution is 2.37. The van der Waals surface area contributed by atoms with Gasteiger partial charge in [0.05, 0.1) is 25.4 Å². The molecule has 5 heteroatoms. The molecule has 0 bridgehead atoms. The standard InChI is InChI=1S/C19H22O4S/c1-23-19(22)16-9-7-15(8-10-16)18(24-12-11-20)13-17(21)14-5-3-2-4-6-14/h2-10,17-18,20-21H,11-13H2,1H3. The van der Waals surface area contributed by atoms with Gasteiger partial charge in [-0.2, -0.15) is 11.8 Å². The maximum atomic E-state index is 11.5. The van der Waals surface area contributed by atoms with E-state index in [0.29, 0.717) is 17.7 Å². The molecule has 0 amide bonds. The molecule has 0 saturated heterocycles. The Morgan fingerprint density at radius 3 is 2.33 bits per heavy atom. The number of hydrogen-bond acceptors (Lipinski definition) is 5. The minimum Gasteiger partial charge on any atom is -0.465 e. The summed E-state index contributed by atoms with van der Waals surface area (Å²) in [5.41, 5.74) is 2.38. The predicted molar refractivity (Wildman–Crippen MR) is 96.1 cm³/mol. The van der Waals surface area contributed by atoms with Crippen molar-refractivity contribution in [2.45, 2.75) is 17.8 Å². The number of aliphatic hydroxyl groups excluding tert-OH is 2. The SMILES string of the molecule is COC(=O)c1ccc(C(CC(O)c2ccccc2)SCCO)cc1. The average Bonchev–Trinajstić information content (AvgIpc) is 2.65. The largest absolute Gasteiger partial charge is 0.465 e. The monoisotopic (exact) mass is 346 g/mol. The zero-order valence-corrected chi connectivity index (χ0v) is 14.4. The van der Waals surface area contributed by atoms with Crippen molar-refractivity contribution in [1.82, 2.24) is 0 Å². The van der Waals surface area contributed by atoms with Gasteiger partial charge in [0, 0.05) is 11.0 Å². The summed E-state index contributed by atoms with van der Waals surface area (Å²) in [6.07, 6.45) is -0.0469. The number of thioether (sulfide) groups is 1. The number of rotatable bonds is 8. The Labute approximate surface area is 146 Å². The summed E-state index contributed by atoms with van der Waals surface area (Å²) < 4.78 is 4.71. The lowest BCUT2D eigenvalue weighted by Gasteiger charge is -2.21. The lowest BCUT2D eigenvalue weighted by molar-refractivity contribution is 0.0600. The van der Waals surface area contributed by atoms with Crippen molar-refractivity contribution in [2.24, 2.45) is 0 Å². The third kappa shape index (κ3) is 5.09. The second kappa shape index (κ2) is 9.47. The zero-order chi connectivity index (χ0) is 17.4. The summed E-state index contributed by atoms with van der Waals surface area (Å²) in [7, 11) is 1.35. The Morgan fingerprint density at radius 2 is 1.75 bits per heavy atom. The van der Waals surface area contributed by atoms with E-state index in [0.717, 1.165) is 11.1 Å². The fourth-order valence-corrected chi connectivity index (χ4v) is 3.52. The maximum Gasteiger partial charge on any atom is 0.337 e. The molecule has 2 unspecified atom stereocenters. The second-order valence-corrected chi connectivity index (χ2v) is 6.67. The van der Waals surface area contributed by atoms with Gasteiger partial charge in [0.25, 0.3) is 0 Å². The molecule has 2 N–H and O–H groups in total. The lowest BCUT2D eigenvalue weighted by Crippen LogP contribution is -2.06. The molecule has 0 aliphatic heterocycles. The van der Waals surface area contributed by atoms with Crippen LogP contribution >= 0.6 is 11.8 Å². The number of esters is 1. The number of carbonyl (C=O) groups excluding carboxylic acids is 1. The van der Waals surface area contributed by atoms with Crippen molar-refractivity contribution in [2.75, 3.05) is 19.5 Å². The van der Waals surface area contributed by atoms with Crippen LogP contribution in [0.25, 0.3) is 0 Å². The Bertz CT molecular complexity index is 628. The van der Waals surface area contributed by atoms with Gasteiger partial charge in [-0.25, -0.2) is 4.79 Å². The minimum absolute atomic E-state index is 0.0269. The van der Waals surface area contributed by atoms with E-state index in [4.69, 9.17) is 9.84 Å². The molecule has 0 radical (unpaired) electrons. The first-order valence-corrected chi connectivity index (χ1v) is 8.84. The van der Waals surface area contributed by atoms with Gasteiger partial charge in [0.1, 0.15) is 0 Å². The molecule has 0 aliphatic carbocycles. The van der Waals surface area contributed by atoms with Crippen LogP contribution in [0.15, 0.2) is 54.6 Å². The number of hydrogen-bond donors (Lipinski definition) is 2. The maximum absolute atomic E-state index is 11.5. The minimum atomic E-state index is -0.581. The van der Waals surface area contributed by atoms with E-state index in [-0.39, 0.29) is 17.8 Å². The van der Waals surface area contributed by atoms with E-state index < -0.39 is 6.10 Å². The van der Waals surface area contributed by atoms with Gasteiger partial charge in [-0.3, -0.25) is 0 Å². The van der Waals surface area contributed by atoms with Gasteiger partial charge in [-0.05, 0) is 29.7 Å². The molecule has 24 heavy (non-hydrogen) atoms. The van der Waals surface area contributed by atoms with Crippen LogP contribution in [0.1, 0.15) is 39.3 Å². The van der Waals surface area contributed by atoms with E-state index in [1.807, 2.05) is 42.5 Å². The van der Waals surface area contributed by atoms with E-state index in [1.54, 1.807) is 23.9 Å². The molecule has 2 atom stereocenters. The summed E-state index contributed by atoms with van der Waals surface area (Å²) in [5, 5.41) is 19.6. The summed E-state index contributed by atoms with van der Waals surface area (Å²) in [5.74, 6) is 0.218. The quantitative estimate of drug-likeness (QED) is 0.718. The molecule has 0 heterocycles. The summed E-state index contributed by atoms with van der Waals surface area (Å²) in [6, 6.07) is 16.7. The van der Waals surface area contributed by atoms with E-state index in [9.17, 15) is 9.90 Å². The van der Waals surface area contributed by atoms with Gasteiger partial charge in [-0.15, -0.1) is 0 Å². The van der Waals surface area contributed by atoms with Crippen LogP contribution in [0, 0.1) is 0 Å². The third-order valence-corrected chi connectivity index (χ3v) is 5.02. The molecule has 128 valence electrons. The lowest BCUT2D eigenvalue weighted by atomic mass is 10.00. The van der Waals surface area contributed by atoms with Crippen LogP contribution in [0.4, 0.5) is 0 Å². The van der Waals surface area contributed by atoms with E-state index >= 15 is 0 Å². The average molecular weight is 346 g/mol. The van der Waals surface area contributed by atoms with E-state index in [2.05, 4.69) is 0 Å². The summed E-state index contributed by atoms with van der Waals surface area (Å²) in [6.45, 7) is 0.0862. The Kier molecular flexibility index (Phi) is 7.31. The van der Waals surface area contributed by atoms with Crippen molar-refractivity contribution >= 4 is 17.7 Å². The second-order valence-electron chi connectivity index (χ2n) is 5.36. The molecule has 0 fully saturated rings. The number of aliphatic hydroxyl groups is 2. The van der Waals surface area contributed by atoms with Gasteiger partial charge in [0.15, 0.2) is 0 Å². The van der Waals surface area contributed by atoms with Crippen LogP contribution in [0.3, 0.4) is 0 Å². The molecule has 4 nitrogen and oxygen atoms in total. The third-order valence-electron chi connectivity index (χ3n) is 3.74. The molecule has 2 aromatic rings. The highest BCUT2D eigenvalue weighted by Gasteiger charge is 2.19. The normalized spacial score (nSPS) is 13.3. The summed E-state index contributed by atoms with van der Waals surface area (Å²) >= 11 is 1.59. The molecule has 0 aliphatic rings. The molecular weight excluding hydrogens is 324 g/mol. The highest BCUT2D eigenvalue weighted by atomic mass is 32.2. The highest BCUT2D eigenvalue weighted by molar-refractivity contribution is 7.99. The topological polar surface area (TPSA) is 66.8 Å². The van der Waals surface area contributed by atoms with Gasteiger partial charge < -0.3 is 14.9 Å². The molecule has 0 spiro atoms. The Balaban J connectivity index is 2.14. The predicted octanol–water partition coefficient (Wildman–Crippen LogP) is 3.36. The molecule has 2 aromatic carbocycles. The molecule has 0 saturated carbocycles. The van der Waals surface area contributed by atoms with Crippen LogP contribution in [-0.2, 0) is 4.74 Å². The van der Waals surface area contributed by atoms with E-state index in [1.165, 1.54) is 7.11 Å².